The number of nitrogens with zero attached hydrogens (tertiary/aromatic N) is 3. The summed E-state index contributed by atoms with van der Waals surface area (Å²) in [6.07, 6.45) is 3.84. The van der Waals surface area contributed by atoms with Crippen LogP contribution in [0.1, 0.15) is 0 Å². The Bertz CT molecular complexity index is 889. The van der Waals surface area contributed by atoms with Crippen molar-refractivity contribution < 1.29 is 19.8 Å². The number of hydrogen-bond acceptors (Lipinski definition) is 5. The van der Waals surface area contributed by atoms with Crippen LogP contribution >= 0.6 is 0 Å². The number of rotatable bonds is 3. The van der Waals surface area contributed by atoms with E-state index in [-0.39, 0.29) is 11.3 Å². The molecule has 7 nitrogen and oxygen atoms in total. The third-order valence-electron chi connectivity index (χ3n) is 3.12. The van der Waals surface area contributed by atoms with Gasteiger partial charge in [-0.2, -0.15) is 5.10 Å². The molecule has 7 heteroatoms. The second kappa shape index (κ2) is 5.16. The van der Waals surface area contributed by atoms with Crippen molar-refractivity contribution in [2.24, 2.45) is 0 Å². The van der Waals surface area contributed by atoms with Gasteiger partial charge in [-0.25, -0.2) is 9.59 Å². The number of anilines is 1. The van der Waals surface area contributed by atoms with Gasteiger partial charge in [-0.3, -0.25) is 4.90 Å². The van der Waals surface area contributed by atoms with Gasteiger partial charge in [0.05, 0.1) is 12.4 Å². The second-order valence-corrected chi connectivity index (χ2v) is 4.45. The molecule has 1 aliphatic heterocycles. The minimum absolute atomic E-state index is 0.234. The summed E-state index contributed by atoms with van der Waals surface area (Å²) in [6.45, 7) is 0. The molecule has 3 rings (SSSR count). The fourth-order valence-corrected chi connectivity index (χ4v) is 2.11. The van der Waals surface area contributed by atoms with Gasteiger partial charge in [0.25, 0.3) is 0 Å². The van der Waals surface area contributed by atoms with Gasteiger partial charge in [0, 0.05) is 10.8 Å². The molecule has 0 saturated heterocycles. The zero-order chi connectivity index (χ0) is 15.7. The van der Waals surface area contributed by atoms with Crippen LogP contribution in [0.2, 0.25) is 0 Å². The highest BCUT2D eigenvalue weighted by molar-refractivity contribution is 6.01. The molecular formula is C15H9N3O4. The molecular weight excluding hydrogens is 286 g/mol. The van der Waals surface area contributed by atoms with Crippen molar-refractivity contribution in [3.8, 4) is 0 Å². The molecule has 22 heavy (non-hydrogen) atoms. The van der Waals surface area contributed by atoms with E-state index >= 15 is 0 Å². The number of carbonyl (C=O) groups is 2. The second-order valence-electron chi connectivity index (χ2n) is 4.45. The molecule has 0 unspecified atom stereocenters. The van der Waals surface area contributed by atoms with Gasteiger partial charge in [0.2, 0.25) is 0 Å². The Labute approximate surface area is 124 Å². The smallest absolute Gasteiger partial charge is 0.352 e. The van der Waals surface area contributed by atoms with E-state index in [2.05, 4.69) is 15.9 Å². The normalized spacial score (nSPS) is 13.7. The Morgan fingerprint density at radius 2 is 1.91 bits per heavy atom. The minimum Gasteiger partial charge on any atom is -0.477 e. The van der Waals surface area contributed by atoms with Gasteiger partial charge in [-0.15, -0.1) is 5.10 Å². The van der Waals surface area contributed by atoms with Gasteiger partial charge in [0.15, 0.2) is 5.82 Å². The molecule has 0 saturated carbocycles. The average molecular weight is 295 g/mol. The Morgan fingerprint density at radius 3 is 2.64 bits per heavy atom. The van der Waals surface area contributed by atoms with Crippen molar-refractivity contribution in [3.05, 3.63) is 59.7 Å². The highest BCUT2D eigenvalue weighted by Crippen LogP contribution is 2.28. The lowest BCUT2D eigenvalue weighted by Crippen LogP contribution is -2.25. The SMILES string of the molecule is O=C(O)C1=C=CN(c2nncc3ccccc23)C(C(=O)O)=C1. The van der Waals surface area contributed by atoms with Crippen LogP contribution in [0.5, 0.6) is 0 Å². The highest BCUT2D eigenvalue weighted by atomic mass is 16.4. The van der Waals surface area contributed by atoms with Crippen molar-refractivity contribution in [2.45, 2.75) is 0 Å². The van der Waals surface area contributed by atoms with Crippen molar-refractivity contribution in [2.75, 3.05) is 4.90 Å². The zero-order valence-electron chi connectivity index (χ0n) is 11.1. The number of fused-ring (bicyclic) bond motifs is 1. The Morgan fingerprint density at radius 1 is 1.14 bits per heavy atom. The molecule has 0 spiro atoms. The molecule has 1 aliphatic rings. The van der Waals surface area contributed by atoms with Crippen LogP contribution in [0, 0.1) is 0 Å². The van der Waals surface area contributed by atoms with Crippen LogP contribution in [0.4, 0.5) is 5.82 Å². The summed E-state index contributed by atoms with van der Waals surface area (Å²) < 4.78 is 0. The lowest BCUT2D eigenvalue weighted by molar-refractivity contribution is -0.132. The summed E-state index contributed by atoms with van der Waals surface area (Å²) in [6, 6.07) is 7.23. The lowest BCUT2D eigenvalue weighted by atomic mass is 10.1. The number of benzene rings is 1. The molecule has 108 valence electrons. The van der Waals surface area contributed by atoms with E-state index in [4.69, 9.17) is 5.11 Å². The molecule has 0 aliphatic carbocycles. The highest BCUT2D eigenvalue weighted by Gasteiger charge is 2.24. The molecule has 0 atom stereocenters. The fourth-order valence-electron chi connectivity index (χ4n) is 2.11. The fraction of sp³-hybridized carbons (Fsp3) is 0. The monoisotopic (exact) mass is 295 g/mol. The number of carboxylic acid groups (broad SMARTS) is 2. The van der Waals surface area contributed by atoms with Crippen LogP contribution in [-0.4, -0.2) is 32.3 Å². The topological polar surface area (TPSA) is 104 Å². The quantitative estimate of drug-likeness (QED) is 0.828. The maximum Gasteiger partial charge on any atom is 0.352 e. The largest absolute Gasteiger partial charge is 0.477 e. The molecule has 1 aromatic heterocycles. The van der Waals surface area contributed by atoms with Gasteiger partial charge in [-0.05, 0) is 6.08 Å². The van der Waals surface area contributed by atoms with E-state index in [1.807, 2.05) is 12.1 Å². The Hall–Kier alpha value is -3.44. The summed E-state index contributed by atoms with van der Waals surface area (Å²) in [7, 11) is 0. The molecule has 0 radical (unpaired) electrons. The maximum absolute atomic E-state index is 11.4. The standard InChI is InChI=1S/C15H9N3O4/c19-14(20)9-5-6-18(12(7-9)15(21)22)13-11-4-2-1-3-10(11)8-16-17-13/h1-4,6-8H,(H,19,20)(H,21,22). The predicted molar refractivity (Wildman–Crippen MR) is 77.0 cm³/mol. The zero-order valence-corrected chi connectivity index (χ0v) is 11.1. The third kappa shape index (κ3) is 2.21. The summed E-state index contributed by atoms with van der Waals surface area (Å²) in [5.74, 6) is -2.23. The predicted octanol–water partition coefficient (Wildman–Crippen LogP) is 1.54. The summed E-state index contributed by atoms with van der Waals surface area (Å²) in [5, 5.41) is 27.6. The van der Waals surface area contributed by atoms with Gasteiger partial charge in [0.1, 0.15) is 11.3 Å². The third-order valence-corrected chi connectivity index (χ3v) is 3.12. The lowest BCUT2D eigenvalue weighted by Gasteiger charge is -2.21. The van der Waals surface area contributed by atoms with Gasteiger partial charge in [-0.1, -0.05) is 30.0 Å². The number of aliphatic carboxylic acids is 2. The molecule has 1 aromatic carbocycles. The molecule has 2 heterocycles. The molecule has 0 bridgehead atoms. The summed E-state index contributed by atoms with van der Waals surface area (Å²) >= 11 is 0. The van der Waals surface area contributed by atoms with Crippen LogP contribution in [0.25, 0.3) is 10.8 Å². The van der Waals surface area contributed by atoms with E-state index < -0.39 is 11.9 Å². The van der Waals surface area contributed by atoms with Gasteiger partial charge >= 0.3 is 11.9 Å². The average Bonchev–Trinajstić information content (AvgIpc) is 2.53. The van der Waals surface area contributed by atoms with E-state index in [1.54, 1.807) is 18.3 Å². The van der Waals surface area contributed by atoms with Crippen molar-refractivity contribution >= 4 is 28.5 Å². The Balaban J connectivity index is 2.22. The van der Waals surface area contributed by atoms with E-state index in [9.17, 15) is 14.7 Å². The first kappa shape index (κ1) is 13.5. The van der Waals surface area contributed by atoms with Crippen LogP contribution in [0.3, 0.4) is 0 Å². The molecule has 2 N–H and O–H groups in total. The number of aromatic nitrogens is 2. The maximum atomic E-state index is 11.4. The van der Waals surface area contributed by atoms with E-state index in [0.717, 1.165) is 11.5 Å². The first-order valence-corrected chi connectivity index (χ1v) is 6.22. The van der Waals surface area contributed by atoms with Gasteiger partial charge < -0.3 is 10.2 Å². The number of hydrogen-bond donors (Lipinski definition) is 2. The molecule has 0 amide bonds. The summed E-state index contributed by atoms with van der Waals surface area (Å²) in [4.78, 5) is 23.7. The van der Waals surface area contributed by atoms with E-state index in [1.165, 1.54) is 11.1 Å². The van der Waals surface area contributed by atoms with Crippen LogP contribution in [-0.2, 0) is 9.59 Å². The Kier molecular flexibility index (Phi) is 3.17. The minimum atomic E-state index is -1.27. The summed E-state index contributed by atoms with van der Waals surface area (Å²) in [5.41, 5.74) is 2.06. The molecule has 0 fully saturated rings. The van der Waals surface area contributed by atoms with Crippen LogP contribution in [0.15, 0.2) is 59.7 Å². The first-order valence-electron chi connectivity index (χ1n) is 6.22. The van der Waals surface area contributed by atoms with Crippen molar-refractivity contribution in [3.63, 3.8) is 0 Å². The molecule has 2 aromatic rings. The van der Waals surface area contributed by atoms with Crippen molar-refractivity contribution in [1.82, 2.24) is 10.2 Å². The first-order chi connectivity index (χ1) is 10.6. The number of carboxylic acids is 2. The van der Waals surface area contributed by atoms with Crippen molar-refractivity contribution in [1.29, 1.82) is 0 Å². The van der Waals surface area contributed by atoms with E-state index in [0.29, 0.717) is 11.2 Å². The van der Waals surface area contributed by atoms with Crippen LogP contribution < -0.4 is 4.90 Å².